The number of carboxylic acids is 1. The quantitative estimate of drug-likeness (QED) is 0.836. The monoisotopic (exact) mass is 249 g/mol. The Morgan fingerprint density at radius 3 is 2.44 bits per heavy atom. The van der Waals surface area contributed by atoms with Crippen LogP contribution in [0.1, 0.15) is 18.9 Å². The molecule has 4 nitrogen and oxygen atoms in total. The molecule has 0 fully saturated rings. The third-order valence-electron chi connectivity index (χ3n) is 2.84. The Morgan fingerprint density at radius 2 is 1.89 bits per heavy atom. The maximum Gasteiger partial charge on any atom is 0.305 e. The van der Waals surface area contributed by atoms with Crippen molar-refractivity contribution in [2.24, 2.45) is 5.92 Å². The van der Waals surface area contributed by atoms with Gasteiger partial charge in [-0.05, 0) is 12.0 Å². The highest BCUT2D eigenvalue weighted by Gasteiger charge is 2.18. The minimum atomic E-state index is -0.884. The van der Waals surface area contributed by atoms with Gasteiger partial charge in [-0.25, -0.2) is 0 Å². The molecule has 0 aliphatic heterocycles. The van der Waals surface area contributed by atoms with Gasteiger partial charge in [-0.3, -0.25) is 9.59 Å². The number of nitrogens with zero attached hydrogens (tertiary/aromatic N) is 1. The largest absolute Gasteiger partial charge is 0.481 e. The first-order valence-corrected chi connectivity index (χ1v) is 6.01. The number of carbonyl (C=O) groups is 2. The van der Waals surface area contributed by atoms with Crippen molar-refractivity contribution in [2.45, 2.75) is 19.8 Å². The molecule has 98 valence electrons. The van der Waals surface area contributed by atoms with Crippen LogP contribution in [0.15, 0.2) is 30.3 Å². The van der Waals surface area contributed by atoms with E-state index in [0.717, 1.165) is 5.56 Å². The molecule has 0 aliphatic carbocycles. The number of hydrogen-bond acceptors (Lipinski definition) is 2. The molecule has 0 saturated carbocycles. The average Bonchev–Trinajstić information content (AvgIpc) is 2.36. The summed E-state index contributed by atoms with van der Waals surface area (Å²) in [6.45, 7) is 2.12. The Bertz CT molecular complexity index is 403. The van der Waals surface area contributed by atoms with Gasteiger partial charge in [0, 0.05) is 19.5 Å². The Balaban J connectivity index is 2.48. The van der Waals surface area contributed by atoms with Crippen LogP contribution in [0, 0.1) is 5.92 Å². The van der Waals surface area contributed by atoms with Crippen LogP contribution < -0.4 is 0 Å². The second-order valence-corrected chi connectivity index (χ2v) is 4.49. The summed E-state index contributed by atoms with van der Waals surface area (Å²) in [7, 11) is 1.65. The molecular weight excluding hydrogens is 230 g/mol. The maximum absolute atomic E-state index is 12.0. The molecule has 0 spiro atoms. The van der Waals surface area contributed by atoms with Crippen molar-refractivity contribution in [3.8, 4) is 0 Å². The van der Waals surface area contributed by atoms with Crippen LogP contribution in [0.4, 0.5) is 0 Å². The van der Waals surface area contributed by atoms with E-state index in [1.165, 1.54) is 4.90 Å². The minimum absolute atomic E-state index is 0.0136. The van der Waals surface area contributed by atoms with Crippen molar-refractivity contribution in [1.29, 1.82) is 0 Å². The molecule has 0 saturated heterocycles. The summed E-state index contributed by atoms with van der Waals surface area (Å²) in [5.74, 6) is -1.03. The van der Waals surface area contributed by atoms with Gasteiger partial charge in [0.1, 0.15) is 0 Å². The van der Waals surface area contributed by atoms with Gasteiger partial charge < -0.3 is 10.0 Å². The van der Waals surface area contributed by atoms with E-state index in [-0.39, 0.29) is 24.8 Å². The fourth-order valence-corrected chi connectivity index (χ4v) is 1.80. The van der Waals surface area contributed by atoms with Crippen molar-refractivity contribution >= 4 is 11.9 Å². The summed E-state index contributed by atoms with van der Waals surface area (Å²) in [4.78, 5) is 23.9. The van der Waals surface area contributed by atoms with E-state index >= 15 is 0 Å². The molecule has 1 aromatic carbocycles. The molecule has 4 heteroatoms. The lowest BCUT2D eigenvalue weighted by molar-refractivity contribution is -0.139. The van der Waals surface area contributed by atoms with Crippen LogP contribution in [0.25, 0.3) is 0 Å². The number of rotatable bonds is 6. The van der Waals surface area contributed by atoms with Gasteiger partial charge in [0.2, 0.25) is 5.91 Å². The van der Waals surface area contributed by atoms with Crippen LogP contribution in [0.2, 0.25) is 0 Å². The SMILES string of the molecule is C[C@H](Cc1ccccc1)C(=O)N(C)CCC(=O)O. The van der Waals surface area contributed by atoms with Crippen molar-refractivity contribution in [1.82, 2.24) is 4.90 Å². The predicted octanol–water partition coefficient (Wildman–Crippen LogP) is 1.80. The van der Waals surface area contributed by atoms with Crippen LogP contribution in [-0.2, 0) is 16.0 Å². The molecule has 1 rings (SSSR count). The van der Waals surface area contributed by atoms with Gasteiger partial charge in [0.05, 0.1) is 6.42 Å². The van der Waals surface area contributed by atoms with Crippen molar-refractivity contribution < 1.29 is 14.7 Å². The van der Waals surface area contributed by atoms with E-state index in [1.54, 1.807) is 7.05 Å². The standard InChI is InChI=1S/C14H19NO3/c1-11(10-12-6-4-3-5-7-12)14(18)15(2)9-8-13(16)17/h3-7,11H,8-10H2,1-2H3,(H,16,17)/t11-/m1/s1. The second kappa shape index (κ2) is 6.79. The van der Waals surface area contributed by atoms with E-state index in [0.29, 0.717) is 6.42 Å². The fraction of sp³-hybridized carbons (Fsp3) is 0.429. The van der Waals surface area contributed by atoms with Gasteiger partial charge in [-0.2, -0.15) is 0 Å². The van der Waals surface area contributed by atoms with E-state index in [2.05, 4.69) is 0 Å². The third kappa shape index (κ3) is 4.57. The lowest BCUT2D eigenvalue weighted by Crippen LogP contribution is -2.34. The molecule has 0 radical (unpaired) electrons. The van der Waals surface area contributed by atoms with E-state index in [4.69, 9.17) is 5.11 Å². The fourth-order valence-electron chi connectivity index (χ4n) is 1.80. The number of amides is 1. The Kier molecular flexibility index (Phi) is 5.36. The lowest BCUT2D eigenvalue weighted by atomic mass is 10.00. The minimum Gasteiger partial charge on any atom is -0.481 e. The molecule has 0 aliphatic rings. The van der Waals surface area contributed by atoms with Gasteiger partial charge in [-0.1, -0.05) is 37.3 Å². The lowest BCUT2D eigenvalue weighted by Gasteiger charge is -2.20. The zero-order valence-corrected chi connectivity index (χ0v) is 10.8. The molecule has 0 aromatic heterocycles. The molecule has 18 heavy (non-hydrogen) atoms. The molecule has 0 bridgehead atoms. The molecular formula is C14H19NO3. The van der Waals surface area contributed by atoms with Crippen LogP contribution in [0.3, 0.4) is 0 Å². The first kappa shape index (κ1) is 14.2. The second-order valence-electron chi connectivity index (χ2n) is 4.49. The highest BCUT2D eigenvalue weighted by Crippen LogP contribution is 2.10. The van der Waals surface area contributed by atoms with Crippen LogP contribution in [0.5, 0.6) is 0 Å². The highest BCUT2D eigenvalue weighted by molar-refractivity contribution is 5.79. The summed E-state index contributed by atoms with van der Waals surface area (Å²) < 4.78 is 0. The Morgan fingerprint density at radius 1 is 1.28 bits per heavy atom. The van der Waals surface area contributed by atoms with Crippen molar-refractivity contribution in [2.75, 3.05) is 13.6 Å². The van der Waals surface area contributed by atoms with Gasteiger partial charge in [0.25, 0.3) is 0 Å². The van der Waals surface area contributed by atoms with E-state index in [1.807, 2.05) is 37.3 Å². The number of aliphatic carboxylic acids is 1. The third-order valence-corrected chi connectivity index (χ3v) is 2.84. The molecule has 0 heterocycles. The summed E-state index contributed by atoms with van der Waals surface area (Å²) in [5.41, 5.74) is 1.12. The molecule has 1 amide bonds. The zero-order valence-electron chi connectivity index (χ0n) is 10.8. The van der Waals surface area contributed by atoms with Crippen molar-refractivity contribution in [3.63, 3.8) is 0 Å². The summed E-state index contributed by atoms with van der Waals surface area (Å²) in [6, 6.07) is 9.80. The summed E-state index contributed by atoms with van der Waals surface area (Å²) in [6.07, 6.45) is 0.664. The first-order valence-electron chi connectivity index (χ1n) is 6.01. The Labute approximate surface area is 107 Å². The number of carbonyl (C=O) groups excluding carboxylic acids is 1. The molecule has 1 aromatic rings. The van der Waals surface area contributed by atoms with Gasteiger partial charge >= 0.3 is 5.97 Å². The normalized spacial score (nSPS) is 11.9. The molecule has 0 unspecified atom stereocenters. The topological polar surface area (TPSA) is 57.6 Å². The molecule has 1 atom stereocenters. The van der Waals surface area contributed by atoms with E-state index < -0.39 is 5.97 Å². The van der Waals surface area contributed by atoms with Crippen molar-refractivity contribution in [3.05, 3.63) is 35.9 Å². The first-order chi connectivity index (χ1) is 8.50. The molecule has 1 N–H and O–H groups in total. The number of benzene rings is 1. The van der Waals surface area contributed by atoms with Gasteiger partial charge in [-0.15, -0.1) is 0 Å². The zero-order chi connectivity index (χ0) is 13.5. The van der Waals surface area contributed by atoms with Crippen LogP contribution >= 0.6 is 0 Å². The Hall–Kier alpha value is -1.84. The number of hydrogen-bond donors (Lipinski definition) is 1. The van der Waals surface area contributed by atoms with Gasteiger partial charge in [0.15, 0.2) is 0 Å². The highest BCUT2D eigenvalue weighted by atomic mass is 16.4. The summed E-state index contributed by atoms with van der Waals surface area (Å²) >= 11 is 0. The summed E-state index contributed by atoms with van der Waals surface area (Å²) in [5, 5.41) is 8.58. The number of carboxylic acid groups (broad SMARTS) is 1. The van der Waals surface area contributed by atoms with Crippen LogP contribution in [-0.4, -0.2) is 35.5 Å². The smallest absolute Gasteiger partial charge is 0.305 e. The average molecular weight is 249 g/mol. The maximum atomic E-state index is 12.0. The predicted molar refractivity (Wildman–Crippen MR) is 69.2 cm³/mol. The van der Waals surface area contributed by atoms with E-state index in [9.17, 15) is 9.59 Å².